The molecule has 0 aliphatic carbocycles. The zero-order valence-electron chi connectivity index (χ0n) is 14.4. The lowest BCUT2D eigenvalue weighted by Gasteiger charge is -1.97. The van der Waals surface area contributed by atoms with Gasteiger partial charge in [0.15, 0.2) is 0 Å². The molecule has 6 heteroatoms. The van der Waals surface area contributed by atoms with Crippen molar-refractivity contribution in [1.29, 1.82) is 0 Å². The zero-order valence-corrected chi connectivity index (χ0v) is 14.4. The van der Waals surface area contributed by atoms with E-state index in [0.717, 1.165) is 12.8 Å². The van der Waals surface area contributed by atoms with Crippen LogP contribution in [-0.4, -0.2) is 36.4 Å². The molecule has 0 aromatic heterocycles. The van der Waals surface area contributed by atoms with E-state index in [1.54, 1.807) is 24.3 Å². The molecule has 0 unspecified atom stereocenters. The first-order chi connectivity index (χ1) is 12.0. The first-order valence-electron chi connectivity index (χ1n) is 7.71. The van der Waals surface area contributed by atoms with Crippen molar-refractivity contribution in [2.45, 2.75) is 19.8 Å². The first kappa shape index (κ1) is 22.0. The fraction of sp³-hybridized carbons (Fsp3) is 0.263. The quantitative estimate of drug-likeness (QED) is 0.488. The van der Waals surface area contributed by atoms with E-state index in [4.69, 9.17) is 10.2 Å². The number of carbonyl (C=O) groups excluding carboxylic acids is 2. The number of ether oxygens (including phenoxy) is 2. The molecule has 6 nitrogen and oxygen atoms in total. The number of para-hydroxylation sites is 1. The van der Waals surface area contributed by atoms with Gasteiger partial charge in [0, 0.05) is 0 Å². The molecule has 2 aromatic carbocycles. The maximum Gasteiger partial charge on any atom is 0.337 e. The van der Waals surface area contributed by atoms with E-state index in [1.807, 2.05) is 13.0 Å². The summed E-state index contributed by atoms with van der Waals surface area (Å²) in [5.74, 6) is 0.0603. The molecule has 0 heterocycles. The summed E-state index contributed by atoms with van der Waals surface area (Å²) >= 11 is 0. The molecule has 136 valence electrons. The number of carbonyl (C=O) groups is 2. The lowest BCUT2D eigenvalue weighted by Crippen LogP contribution is -1.99. The highest BCUT2D eigenvalue weighted by Crippen LogP contribution is 2.09. The Hall–Kier alpha value is -3.02. The lowest BCUT2D eigenvalue weighted by molar-refractivity contribution is -0.128. The standard InChI is InChI=1S/C8H8O3.C6H6O.C5H10O2/c1-11-8(10)6-2-4-7(9)5-3-6;7-6-4-2-1-3-5-6;1-2-3-4-7-5-6/h2-5,9H,1H3;1-5,7H;5H,2-4H2,1H3. The number of phenols is 2. The summed E-state index contributed by atoms with van der Waals surface area (Å²) in [6.07, 6.45) is 2.05. The summed E-state index contributed by atoms with van der Waals surface area (Å²) in [5, 5.41) is 17.5. The van der Waals surface area contributed by atoms with Gasteiger partial charge in [-0.2, -0.15) is 0 Å². The monoisotopic (exact) mass is 348 g/mol. The third kappa shape index (κ3) is 12.1. The van der Waals surface area contributed by atoms with Crippen molar-refractivity contribution in [3.63, 3.8) is 0 Å². The molecule has 0 fully saturated rings. The second-order valence-corrected chi connectivity index (χ2v) is 4.69. The molecule has 2 aromatic rings. The average molecular weight is 348 g/mol. The van der Waals surface area contributed by atoms with Gasteiger partial charge in [-0.25, -0.2) is 4.79 Å². The van der Waals surface area contributed by atoms with Crippen molar-refractivity contribution in [2.24, 2.45) is 0 Å². The molecule has 0 spiro atoms. The molecule has 0 saturated carbocycles. The zero-order chi connectivity index (χ0) is 18.9. The Morgan fingerprint density at radius 2 is 1.56 bits per heavy atom. The Labute approximate surface area is 147 Å². The van der Waals surface area contributed by atoms with Crippen LogP contribution in [0.1, 0.15) is 30.1 Å². The van der Waals surface area contributed by atoms with Crippen molar-refractivity contribution in [2.75, 3.05) is 13.7 Å². The summed E-state index contributed by atoms with van der Waals surface area (Å²) < 4.78 is 8.85. The van der Waals surface area contributed by atoms with Crippen LogP contribution in [0.3, 0.4) is 0 Å². The van der Waals surface area contributed by atoms with E-state index in [-0.39, 0.29) is 5.75 Å². The molecule has 25 heavy (non-hydrogen) atoms. The molecule has 2 rings (SSSR count). The highest BCUT2D eigenvalue weighted by Gasteiger charge is 2.02. The van der Waals surface area contributed by atoms with Gasteiger partial charge in [0.2, 0.25) is 0 Å². The smallest absolute Gasteiger partial charge is 0.337 e. The number of hydrogen-bond donors (Lipinski definition) is 2. The fourth-order valence-electron chi connectivity index (χ4n) is 1.42. The predicted molar refractivity (Wildman–Crippen MR) is 94.5 cm³/mol. The SMILES string of the molecule is CCCCOC=O.COC(=O)c1ccc(O)cc1.Oc1ccccc1. The number of benzene rings is 2. The predicted octanol–water partition coefficient (Wildman–Crippen LogP) is 3.53. The molecule has 0 amide bonds. The number of unbranched alkanes of at least 4 members (excludes halogenated alkanes) is 1. The summed E-state index contributed by atoms with van der Waals surface area (Å²) in [7, 11) is 1.31. The molecular weight excluding hydrogens is 324 g/mol. The minimum atomic E-state index is -0.398. The van der Waals surface area contributed by atoms with Gasteiger partial charge < -0.3 is 19.7 Å². The lowest BCUT2D eigenvalue weighted by atomic mass is 10.2. The van der Waals surface area contributed by atoms with Crippen LogP contribution in [0, 0.1) is 0 Å². The number of rotatable bonds is 5. The molecule has 0 aliphatic rings. The third-order valence-corrected chi connectivity index (χ3v) is 2.73. The Balaban J connectivity index is 0.000000362. The molecule has 0 bridgehead atoms. The van der Waals surface area contributed by atoms with Crippen molar-refractivity contribution in [3.8, 4) is 11.5 Å². The van der Waals surface area contributed by atoms with Crippen LogP contribution in [0.5, 0.6) is 11.5 Å². The summed E-state index contributed by atoms with van der Waals surface area (Å²) in [4.78, 5) is 20.3. The van der Waals surface area contributed by atoms with Crippen LogP contribution in [-0.2, 0) is 14.3 Å². The van der Waals surface area contributed by atoms with Gasteiger partial charge >= 0.3 is 5.97 Å². The average Bonchev–Trinajstić information content (AvgIpc) is 2.64. The van der Waals surface area contributed by atoms with E-state index in [9.17, 15) is 9.59 Å². The molecule has 0 saturated heterocycles. The molecular formula is C19H24O6. The second kappa shape index (κ2) is 14.6. The summed E-state index contributed by atoms with van der Waals surface area (Å²) in [6, 6.07) is 14.6. The summed E-state index contributed by atoms with van der Waals surface area (Å²) in [5.41, 5.74) is 0.435. The minimum Gasteiger partial charge on any atom is -0.508 e. The molecule has 0 radical (unpaired) electrons. The van der Waals surface area contributed by atoms with E-state index in [1.165, 1.54) is 31.4 Å². The van der Waals surface area contributed by atoms with E-state index in [2.05, 4.69) is 9.47 Å². The largest absolute Gasteiger partial charge is 0.508 e. The highest BCUT2D eigenvalue weighted by molar-refractivity contribution is 5.89. The molecule has 2 N–H and O–H groups in total. The molecule has 0 aliphatic heterocycles. The van der Waals surface area contributed by atoms with Crippen LogP contribution >= 0.6 is 0 Å². The van der Waals surface area contributed by atoms with Gasteiger partial charge in [-0.3, -0.25) is 4.79 Å². The minimum absolute atomic E-state index is 0.137. The molecule has 0 atom stereocenters. The van der Waals surface area contributed by atoms with Gasteiger partial charge in [0.25, 0.3) is 6.47 Å². The van der Waals surface area contributed by atoms with Crippen LogP contribution in [0.2, 0.25) is 0 Å². The summed E-state index contributed by atoms with van der Waals surface area (Å²) in [6.45, 7) is 3.10. The Morgan fingerprint density at radius 3 is 1.96 bits per heavy atom. The maximum absolute atomic E-state index is 10.8. The van der Waals surface area contributed by atoms with Crippen molar-refractivity contribution in [1.82, 2.24) is 0 Å². The second-order valence-electron chi connectivity index (χ2n) is 4.69. The number of phenolic OH excluding ortho intramolecular Hbond substituents is 2. The topological polar surface area (TPSA) is 93.1 Å². The normalized spacial score (nSPS) is 8.72. The number of hydrogen-bond acceptors (Lipinski definition) is 6. The van der Waals surface area contributed by atoms with Crippen LogP contribution in [0.15, 0.2) is 54.6 Å². The Kier molecular flexibility index (Phi) is 12.8. The van der Waals surface area contributed by atoms with E-state index < -0.39 is 5.97 Å². The highest BCUT2D eigenvalue weighted by atomic mass is 16.5. The van der Waals surface area contributed by atoms with Crippen molar-refractivity contribution in [3.05, 3.63) is 60.2 Å². The van der Waals surface area contributed by atoms with Crippen molar-refractivity contribution < 1.29 is 29.3 Å². The van der Waals surface area contributed by atoms with Gasteiger partial charge in [-0.05, 0) is 42.8 Å². The fourth-order valence-corrected chi connectivity index (χ4v) is 1.42. The van der Waals surface area contributed by atoms with Crippen LogP contribution < -0.4 is 0 Å². The first-order valence-corrected chi connectivity index (χ1v) is 7.71. The number of esters is 1. The Morgan fingerprint density at radius 1 is 1.00 bits per heavy atom. The number of methoxy groups -OCH3 is 1. The van der Waals surface area contributed by atoms with Crippen LogP contribution in [0.4, 0.5) is 0 Å². The maximum atomic E-state index is 10.8. The van der Waals surface area contributed by atoms with Crippen molar-refractivity contribution >= 4 is 12.4 Å². The van der Waals surface area contributed by atoms with Gasteiger partial charge in [-0.15, -0.1) is 0 Å². The van der Waals surface area contributed by atoms with E-state index >= 15 is 0 Å². The van der Waals surface area contributed by atoms with Gasteiger partial charge in [0.05, 0.1) is 19.3 Å². The van der Waals surface area contributed by atoms with Crippen LogP contribution in [0.25, 0.3) is 0 Å². The van der Waals surface area contributed by atoms with Gasteiger partial charge in [-0.1, -0.05) is 31.5 Å². The number of aromatic hydroxyl groups is 2. The third-order valence-electron chi connectivity index (χ3n) is 2.73. The van der Waals surface area contributed by atoms with Gasteiger partial charge in [0.1, 0.15) is 11.5 Å². The van der Waals surface area contributed by atoms with E-state index in [0.29, 0.717) is 24.4 Å². The Bertz CT molecular complexity index is 581.